The van der Waals surface area contributed by atoms with Crippen molar-refractivity contribution in [2.24, 2.45) is 0 Å². The number of benzene rings is 10. The zero-order chi connectivity index (χ0) is 39.3. The van der Waals surface area contributed by atoms with Crippen LogP contribution in [0.15, 0.2) is 192 Å². The van der Waals surface area contributed by atoms with Crippen LogP contribution in [0.3, 0.4) is 0 Å². The summed E-state index contributed by atoms with van der Waals surface area (Å²) in [5.74, 6) is 0. The maximum atomic E-state index is 6.40. The van der Waals surface area contributed by atoms with Crippen molar-refractivity contribution in [2.45, 2.75) is 12.8 Å². The first-order chi connectivity index (χ1) is 29.8. The normalized spacial score (nSPS) is 13.0. The summed E-state index contributed by atoms with van der Waals surface area (Å²) < 4.78 is 7.74. The van der Waals surface area contributed by atoms with Gasteiger partial charge in [-0.1, -0.05) is 170 Å². The van der Waals surface area contributed by atoms with Crippen LogP contribution in [0.25, 0.3) is 120 Å². The van der Waals surface area contributed by atoms with Gasteiger partial charge in [-0.05, 0) is 130 Å². The summed E-state index contributed by atoms with van der Waals surface area (Å²) in [5, 5.41) is 13.9. The fourth-order valence-electron chi connectivity index (χ4n) is 10.5. The molecule has 0 atom stereocenters. The van der Waals surface area contributed by atoms with E-state index in [2.05, 4.69) is 188 Å². The molecule has 1 aliphatic rings. The molecular weight excluding hydrogens is 745 g/mol. The largest absolute Gasteiger partial charge is 0.456 e. The van der Waals surface area contributed by atoms with E-state index < -0.39 is 0 Å². The van der Waals surface area contributed by atoms with Crippen LogP contribution in [0.1, 0.15) is 22.4 Å². The molecule has 0 fully saturated rings. The number of fused-ring (bicyclic) bond motifs is 10. The van der Waals surface area contributed by atoms with Crippen LogP contribution in [0.4, 0.5) is 0 Å². The van der Waals surface area contributed by atoms with Crippen molar-refractivity contribution in [3.8, 4) is 33.4 Å². The number of aryl methyl sites for hydroxylation is 1. The third-order valence-electron chi connectivity index (χ3n) is 13.0. The molecule has 2 aromatic heterocycles. The molecule has 1 nitrogen and oxygen atoms in total. The smallest absolute Gasteiger partial charge is 0.136 e. The van der Waals surface area contributed by atoms with Crippen LogP contribution in [-0.4, -0.2) is 0 Å². The van der Waals surface area contributed by atoms with Gasteiger partial charge in [0, 0.05) is 25.7 Å². The average Bonchev–Trinajstić information content (AvgIpc) is 3.88. The van der Waals surface area contributed by atoms with Gasteiger partial charge in [-0.2, -0.15) is 0 Å². The Balaban J connectivity index is 0.999. The van der Waals surface area contributed by atoms with E-state index in [1.165, 1.54) is 114 Å². The lowest BCUT2D eigenvalue weighted by atomic mass is 9.82. The second kappa shape index (κ2) is 13.1. The number of hydrogen-bond donors (Lipinski definition) is 0. The number of hydrogen-bond acceptors (Lipinski definition) is 2. The van der Waals surface area contributed by atoms with E-state index in [4.69, 9.17) is 4.42 Å². The van der Waals surface area contributed by atoms with E-state index in [0.29, 0.717) is 0 Å². The quantitative estimate of drug-likeness (QED) is 0.162. The second-order valence-electron chi connectivity index (χ2n) is 16.1. The standard InChI is InChI=1S/C58H36OS/c1-2-15-35(16-3-1)54-39-17-4-6-19-41(39)55(42-20-7-5-18-40(42)54)36-30-32-52-49(33-36)38-31-29-37(34-53(38)60-52)56-43-21-8-10-23-45(43)57(46-24-11-9-22-44(46)56)48-26-14-28-51-58(48)47-25-12-13-27-50(47)59-51/h1-29,31,33-34H,30,32H2. The Morgan fingerprint density at radius 3 is 1.52 bits per heavy atom. The minimum atomic E-state index is 0.917. The highest BCUT2D eigenvalue weighted by molar-refractivity contribution is 7.19. The highest BCUT2D eigenvalue weighted by Gasteiger charge is 2.24. The van der Waals surface area contributed by atoms with E-state index >= 15 is 0 Å². The molecule has 280 valence electrons. The number of furan rings is 1. The van der Waals surface area contributed by atoms with Crippen LogP contribution in [-0.2, 0) is 6.42 Å². The highest BCUT2D eigenvalue weighted by atomic mass is 32.1. The van der Waals surface area contributed by atoms with Crippen molar-refractivity contribution >= 4 is 98.1 Å². The lowest BCUT2D eigenvalue weighted by molar-refractivity contribution is 0.669. The van der Waals surface area contributed by atoms with Gasteiger partial charge in [-0.3, -0.25) is 0 Å². The molecule has 0 radical (unpaired) electrons. The summed E-state index contributed by atoms with van der Waals surface area (Å²) in [6.07, 6.45) is 4.57. The first-order valence-corrected chi connectivity index (χ1v) is 21.7. The van der Waals surface area contributed by atoms with Gasteiger partial charge in [0.15, 0.2) is 0 Å². The summed E-state index contributed by atoms with van der Waals surface area (Å²) in [6.45, 7) is 0. The topological polar surface area (TPSA) is 13.1 Å². The second-order valence-corrected chi connectivity index (χ2v) is 17.3. The number of para-hydroxylation sites is 1. The SMILES string of the molecule is C1=C(c2c3ccccc3c(-c3ccccc3)c3ccccc23)CCc2sc3cc(-c4c5ccccc5c(-c5cccc6oc7ccccc7c56)c5ccccc45)ccc3c21. The van der Waals surface area contributed by atoms with Gasteiger partial charge in [0.05, 0.1) is 0 Å². The maximum absolute atomic E-state index is 6.40. The van der Waals surface area contributed by atoms with Crippen LogP contribution in [0, 0.1) is 0 Å². The van der Waals surface area contributed by atoms with Crippen molar-refractivity contribution in [1.29, 1.82) is 0 Å². The Morgan fingerprint density at radius 2 is 0.883 bits per heavy atom. The summed E-state index contributed by atoms with van der Waals surface area (Å²) in [7, 11) is 0. The molecule has 0 aliphatic heterocycles. The van der Waals surface area contributed by atoms with E-state index in [0.717, 1.165) is 29.4 Å². The molecule has 0 saturated carbocycles. The Hall–Kier alpha value is -7.26. The third kappa shape index (κ3) is 4.92. The summed E-state index contributed by atoms with van der Waals surface area (Å²) in [4.78, 5) is 1.48. The molecule has 2 heterocycles. The Bertz CT molecular complexity index is 3650. The first kappa shape index (κ1) is 33.7. The lowest BCUT2D eigenvalue weighted by Crippen LogP contribution is -1.99. The Morgan fingerprint density at radius 1 is 0.367 bits per heavy atom. The van der Waals surface area contributed by atoms with Gasteiger partial charge in [-0.25, -0.2) is 0 Å². The first-order valence-electron chi connectivity index (χ1n) is 20.9. The Kier molecular flexibility index (Phi) is 7.37. The summed E-state index contributed by atoms with van der Waals surface area (Å²) in [6, 6.07) is 69.0. The van der Waals surface area contributed by atoms with E-state index in [1.807, 2.05) is 17.4 Å². The molecule has 12 aromatic rings. The van der Waals surface area contributed by atoms with Gasteiger partial charge in [-0.15, -0.1) is 11.3 Å². The molecule has 0 N–H and O–H groups in total. The molecule has 10 aromatic carbocycles. The predicted octanol–water partition coefficient (Wildman–Crippen LogP) is 16.9. The number of thiophene rings is 1. The molecular formula is C58H36OS. The molecule has 0 spiro atoms. The predicted molar refractivity (Wildman–Crippen MR) is 258 cm³/mol. The molecule has 60 heavy (non-hydrogen) atoms. The van der Waals surface area contributed by atoms with Crippen molar-refractivity contribution in [2.75, 3.05) is 0 Å². The molecule has 2 heteroatoms. The zero-order valence-corrected chi connectivity index (χ0v) is 33.5. The summed E-state index contributed by atoms with van der Waals surface area (Å²) >= 11 is 1.97. The van der Waals surface area contributed by atoms with Crippen LogP contribution < -0.4 is 0 Å². The molecule has 13 rings (SSSR count). The fourth-order valence-corrected chi connectivity index (χ4v) is 11.7. The molecule has 0 unspecified atom stereocenters. The van der Waals surface area contributed by atoms with Crippen molar-refractivity contribution in [3.63, 3.8) is 0 Å². The van der Waals surface area contributed by atoms with Gasteiger partial charge >= 0.3 is 0 Å². The van der Waals surface area contributed by atoms with Crippen molar-refractivity contribution < 1.29 is 4.42 Å². The van der Waals surface area contributed by atoms with E-state index in [9.17, 15) is 0 Å². The van der Waals surface area contributed by atoms with Gasteiger partial charge in [0.1, 0.15) is 11.2 Å². The maximum Gasteiger partial charge on any atom is 0.136 e. The van der Waals surface area contributed by atoms with Crippen LogP contribution in [0.5, 0.6) is 0 Å². The van der Waals surface area contributed by atoms with Crippen molar-refractivity contribution in [1.82, 2.24) is 0 Å². The third-order valence-corrected chi connectivity index (χ3v) is 14.2. The highest BCUT2D eigenvalue weighted by Crippen LogP contribution is 2.50. The average molecular weight is 781 g/mol. The number of rotatable bonds is 4. The van der Waals surface area contributed by atoms with E-state index in [-0.39, 0.29) is 0 Å². The van der Waals surface area contributed by atoms with Gasteiger partial charge in [0.25, 0.3) is 0 Å². The minimum absolute atomic E-state index is 0.917. The van der Waals surface area contributed by atoms with Crippen molar-refractivity contribution in [3.05, 3.63) is 204 Å². The minimum Gasteiger partial charge on any atom is -0.456 e. The van der Waals surface area contributed by atoms with Crippen LogP contribution >= 0.6 is 11.3 Å². The molecule has 0 bridgehead atoms. The van der Waals surface area contributed by atoms with Gasteiger partial charge in [0.2, 0.25) is 0 Å². The Labute approximate surface area is 351 Å². The van der Waals surface area contributed by atoms with Gasteiger partial charge < -0.3 is 4.42 Å². The fraction of sp³-hybridized carbons (Fsp3) is 0.0345. The summed E-state index contributed by atoms with van der Waals surface area (Å²) in [5.41, 5.74) is 13.6. The lowest BCUT2D eigenvalue weighted by Gasteiger charge is -2.21. The van der Waals surface area contributed by atoms with Crippen LogP contribution in [0.2, 0.25) is 0 Å². The molecule has 0 saturated heterocycles. The van der Waals surface area contributed by atoms with E-state index in [1.54, 1.807) is 0 Å². The number of allylic oxidation sites excluding steroid dienone is 1. The molecule has 0 amide bonds. The molecule has 1 aliphatic carbocycles. The monoisotopic (exact) mass is 780 g/mol. The zero-order valence-electron chi connectivity index (χ0n) is 32.7.